The molecule has 6 heteroatoms. The van der Waals surface area contributed by atoms with Crippen molar-refractivity contribution in [2.24, 2.45) is 0 Å². The molecule has 1 aromatic carbocycles. The van der Waals surface area contributed by atoms with Gasteiger partial charge >= 0.3 is 5.97 Å². The molecule has 0 saturated heterocycles. The van der Waals surface area contributed by atoms with Crippen LogP contribution in [-0.2, 0) is 4.74 Å². The van der Waals surface area contributed by atoms with Crippen LogP contribution in [0.2, 0.25) is 0 Å². The third kappa shape index (κ3) is 1.64. The quantitative estimate of drug-likeness (QED) is 0.660. The van der Waals surface area contributed by atoms with Gasteiger partial charge in [-0.25, -0.2) is 14.8 Å². The van der Waals surface area contributed by atoms with E-state index in [9.17, 15) is 4.79 Å². The average Bonchev–Trinajstić information content (AvgIpc) is 2.43. The zero-order valence-corrected chi connectivity index (χ0v) is 9.51. The number of methoxy groups -OCH3 is 1. The van der Waals surface area contributed by atoms with Crippen LogP contribution in [0.3, 0.4) is 0 Å². The molecule has 3 rings (SSSR count). The highest BCUT2D eigenvalue weighted by molar-refractivity contribution is 5.91. The van der Waals surface area contributed by atoms with Crippen molar-refractivity contribution in [3.05, 3.63) is 36.2 Å². The van der Waals surface area contributed by atoms with Gasteiger partial charge in [-0.15, -0.1) is 0 Å². The second kappa shape index (κ2) is 3.99. The van der Waals surface area contributed by atoms with Crippen molar-refractivity contribution in [2.75, 3.05) is 12.4 Å². The summed E-state index contributed by atoms with van der Waals surface area (Å²) in [6.45, 7) is 0. The van der Waals surface area contributed by atoms with Gasteiger partial charge in [0.2, 0.25) is 0 Å². The zero-order valence-electron chi connectivity index (χ0n) is 9.51. The molecule has 1 aliphatic heterocycles. The number of nitrogens with zero attached hydrogens (tertiary/aromatic N) is 2. The molecule has 0 bridgehead atoms. The van der Waals surface area contributed by atoms with Gasteiger partial charge in [-0.05, 0) is 18.2 Å². The Bertz CT molecular complexity index is 628. The number of esters is 1. The summed E-state index contributed by atoms with van der Waals surface area (Å²) in [5, 5.41) is 3.05. The summed E-state index contributed by atoms with van der Waals surface area (Å²) in [7, 11) is 1.34. The van der Waals surface area contributed by atoms with Crippen LogP contribution in [0.4, 0.5) is 11.5 Å². The molecule has 6 nitrogen and oxygen atoms in total. The minimum Gasteiger partial charge on any atom is -0.465 e. The number of rotatable bonds is 1. The highest BCUT2D eigenvalue weighted by Gasteiger charge is 2.19. The summed E-state index contributed by atoms with van der Waals surface area (Å²) in [5.74, 6) is 1.13. The van der Waals surface area contributed by atoms with Crippen molar-refractivity contribution in [2.45, 2.75) is 0 Å². The van der Waals surface area contributed by atoms with E-state index in [0.717, 1.165) is 0 Å². The Morgan fingerprint density at radius 1 is 1.33 bits per heavy atom. The lowest BCUT2D eigenvalue weighted by Gasteiger charge is -2.19. The lowest BCUT2D eigenvalue weighted by molar-refractivity contribution is 0.0601. The highest BCUT2D eigenvalue weighted by Crippen LogP contribution is 2.39. The van der Waals surface area contributed by atoms with Gasteiger partial charge in [-0.2, -0.15) is 0 Å². The van der Waals surface area contributed by atoms with E-state index < -0.39 is 5.97 Å². The van der Waals surface area contributed by atoms with Crippen molar-refractivity contribution in [1.82, 2.24) is 9.97 Å². The summed E-state index contributed by atoms with van der Waals surface area (Å²) in [5.41, 5.74) is 1.10. The third-order valence-electron chi connectivity index (χ3n) is 2.53. The second-order valence-corrected chi connectivity index (χ2v) is 3.64. The topological polar surface area (TPSA) is 73.3 Å². The van der Waals surface area contributed by atoms with Crippen LogP contribution >= 0.6 is 0 Å². The summed E-state index contributed by atoms with van der Waals surface area (Å²) in [6, 6.07) is 4.97. The molecule has 0 amide bonds. The van der Waals surface area contributed by atoms with Gasteiger partial charge in [0.05, 0.1) is 18.4 Å². The lowest BCUT2D eigenvalue weighted by Crippen LogP contribution is -2.08. The Kier molecular flexibility index (Phi) is 2.33. The van der Waals surface area contributed by atoms with Gasteiger partial charge in [0.1, 0.15) is 0 Å². The maximum atomic E-state index is 11.4. The molecular formula is C12H9N3O3. The summed E-state index contributed by atoms with van der Waals surface area (Å²) < 4.78 is 10.2. The highest BCUT2D eigenvalue weighted by atomic mass is 16.5. The fourth-order valence-electron chi connectivity index (χ4n) is 1.68. The maximum Gasteiger partial charge on any atom is 0.337 e. The summed E-state index contributed by atoms with van der Waals surface area (Å²) in [4.78, 5) is 19.6. The van der Waals surface area contributed by atoms with Gasteiger partial charge in [0.25, 0.3) is 5.88 Å². The SMILES string of the molecule is COC(=O)c1ccc2c(c1)Nc1nccnc1O2. The number of carbonyl (C=O) groups excluding carboxylic acids is 1. The molecule has 0 spiro atoms. The third-order valence-corrected chi connectivity index (χ3v) is 2.53. The molecule has 2 aromatic rings. The van der Waals surface area contributed by atoms with Gasteiger partial charge in [0.15, 0.2) is 11.6 Å². The average molecular weight is 243 g/mol. The Balaban J connectivity index is 2.01. The lowest BCUT2D eigenvalue weighted by atomic mass is 10.1. The van der Waals surface area contributed by atoms with E-state index in [-0.39, 0.29) is 0 Å². The summed E-state index contributed by atoms with van der Waals surface area (Å²) in [6.07, 6.45) is 3.11. The molecule has 0 fully saturated rings. The van der Waals surface area contributed by atoms with Crippen LogP contribution in [0.5, 0.6) is 11.6 Å². The van der Waals surface area contributed by atoms with Crippen LogP contribution in [0, 0.1) is 0 Å². The van der Waals surface area contributed by atoms with E-state index in [0.29, 0.717) is 28.7 Å². The molecule has 0 atom stereocenters. The predicted molar refractivity (Wildman–Crippen MR) is 63.2 cm³/mol. The number of hydrogen-bond donors (Lipinski definition) is 1. The van der Waals surface area contributed by atoms with Crippen LogP contribution in [0.15, 0.2) is 30.6 Å². The standard InChI is InChI=1S/C12H9N3O3/c1-17-12(16)7-2-3-9-8(6-7)15-10-11(18-9)14-5-4-13-10/h2-6H,1H3,(H,13,15). The molecule has 0 aliphatic carbocycles. The maximum absolute atomic E-state index is 11.4. The van der Waals surface area contributed by atoms with Crippen LogP contribution in [0.25, 0.3) is 0 Å². The number of nitrogens with one attached hydrogen (secondary N) is 1. The minimum atomic E-state index is -0.399. The molecule has 0 unspecified atom stereocenters. The minimum absolute atomic E-state index is 0.399. The Morgan fingerprint density at radius 2 is 2.17 bits per heavy atom. The Hall–Kier alpha value is -2.63. The molecule has 1 N–H and O–H groups in total. The fourth-order valence-corrected chi connectivity index (χ4v) is 1.68. The van der Waals surface area contributed by atoms with Crippen molar-refractivity contribution in [3.8, 4) is 11.6 Å². The van der Waals surface area contributed by atoms with Gasteiger partial charge in [0, 0.05) is 12.4 Å². The summed E-state index contributed by atoms with van der Waals surface area (Å²) >= 11 is 0. The van der Waals surface area contributed by atoms with Crippen LogP contribution < -0.4 is 10.1 Å². The van der Waals surface area contributed by atoms with Crippen molar-refractivity contribution in [1.29, 1.82) is 0 Å². The van der Waals surface area contributed by atoms with Crippen LogP contribution in [0.1, 0.15) is 10.4 Å². The predicted octanol–water partition coefficient (Wildman–Crippen LogP) is 2.11. The first-order valence-corrected chi connectivity index (χ1v) is 5.26. The van der Waals surface area contributed by atoms with E-state index >= 15 is 0 Å². The van der Waals surface area contributed by atoms with Gasteiger partial charge in [-0.3, -0.25) is 0 Å². The number of hydrogen-bond acceptors (Lipinski definition) is 6. The van der Waals surface area contributed by atoms with E-state index in [1.54, 1.807) is 30.6 Å². The van der Waals surface area contributed by atoms with Crippen LogP contribution in [-0.4, -0.2) is 23.0 Å². The fraction of sp³-hybridized carbons (Fsp3) is 0.0833. The molecule has 1 aliphatic rings. The molecule has 0 saturated carbocycles. The Morgan fingerprint density at radius 3 is 3.00 bits per heavy atom. The van der Waals surface area contributed by atoms with E-state index in [1.165, 1.54) is 7.11 Å². The molecule has 18 heavy (non-hydrogen) atoms. The number of ether oxygens (including phenoxy) is 2. The Labute approximate surface area is 103 Å². The van der Waals surface area contributed by atoms with Gasteiger partial charge in [-0.1, -0.05) is 0 Å². The molecule has 2 heterocycles. The van der Waals surface area contributed by atoms with Crippen molar-refractivity contribution in [3.63, 3.8) is 0 Å². The normalized spacial score (nSPS) is 11.6. The first kappa shape index (κ1) is 10.5. The first-order valence-electron chi connectivity index (χ1n) is 5.26. The van der Waals surface area contributed by atoms with Crippen molar-refractivity contribution < 1.29 is 14.3 Å². The largest absolute Gasteiger partial charge is 0.465 e. The number of benzene rings is 1. The molecular weight excluding hydrogens is 234 g/mol. The molecule has 90 valence electrons. The smallest absolute Gasteiger partial charge is 0.337 e. The van der Waals surface area contributed by atoms with Crippen molar-refractivity contribution >= 4 is 17.5 Å². The molecule has 1 aromatic heterocycles. The molecule has 0 radical (unpaired) electrons. The second-order valence-electron chi connectivity index (χ2n) is 3.64. The van der Waals surface area contributed by atoms with Gasteiger partial charge < -0.3 is 14.8 Å². The monoisotopic (exact) mass is 243 g/mol. The first-order chi connectivity index (χ1) is 8.78. The zero-order chi connectivity index (χ0) is 12.5. The number of carbonyl (C=O) groups is 1. The number of aromatic nitrogens is 2. The number of anilines is 2. The number of fused-ring (bicyclic) bond motifs is 2. The van der Waals surface area contributed by atoms with E-state index in [1.807, 2.05) is 0 Å². The van der Waals surface area contributed by atoms with E-state index in [2.05, 4.69) is 20.0 Å². The van der Waals surface area contributed by atoms with E-state index in [4.69, 9.17) is 4.74 Å².